The van der Waals surface area contributed by atoms with Crippen LogP contribution in [0.2, 0.25) is 0 Å². The van der Waals surface area contributed by atoms with Gasteiger partial charge >= 0.3 is 0 Å². The first kappa shape index (κ1) is 14.1. The van der Waals surface area contributed by atoms with E-state index in [9.17, 15) is 0 Å². The molecule has 17 heavy (non-hydrogen) atoms. The molecule has 4 nitrogen and oxygen atoms in total. The highest BCUT2D eigenvalue weighted by atomic mass is 16.5. The molecule has 1 heterocycles. The maximum absolute atomic E-state index is 5.85. The van der Waals surface area contributed by atoms with Gasteiger partial charge in [-0.2, -0.15) is 0 Å². The highest BCUT2D eigenvalue weighted by molar-refractivity contribution is 5.11. The van der Waals surface area contributed by atoms with Crippen molar-refractivity contribution in [2.24, 2.45) is 5.92 Å². The highest BCUT2D eigenvalue weighted by Crippen LogP contribution is 2.23. The number of ether oxygens (including phenoxy) is 1. The Hall–Kier alpha value is -1.00. The summed E-state index contributed by atoms with van der Waals surface area (Å²) in [5.41, 5.74) is 1.08. The third-order valence-corrected chi connectivity index (χ3v) is 2.71. The zero-order valence-corrected chi connectivity index (χ0v) is 11.2. The molecule has 0 spiro atoms. The van der Waals surface area contributed by atoms with Crippen molar-refractivity contribution in [1.82, 2.24) is 15.3 Å². The zero-order valence-electron chi connectivity index (χ0n) is 11.2. The second-order valence-electron chi connectivity index (χ2n) is 4.37. The Morgan fingerprint density at radius 3 is 2.35 bits per heavy atom. The number of nitrogens with one attached hydrogen (secondary N) is 1. The largest absolute Gasteiger partial charge is 0.376 e. The molecule has 96 valence electrons. The van der Waals surface area contributed by atoms with Gasteiger partial charge in [0.25, 0.3) is 0 Å². The van der Waals surface area contributed by atoms with Crippen molar-refractivity contribution in [2.75, 3.05) is 13.2 Å². The Morgan fingerprint density at radius 1 is 1.24 bits per heavy atom. The van der Waals surface area contributed by atoms with Gasteiger partial charge in [0.05, 0.1) is 12.1 Å². The minimum absolute atomic E-state index is 0.144. The fraction of sp³-hybridized carbons (Fsp3) is 0.692. The maximum atomic E-state index is 5.85. The number of aromatic nitrogens is 2. The molecule has 0 aliphatic heterocycles. The lowest BCUT2D eigenvalue weighted by Gasteiger charge is -2.30. The first-order chi connectivity index (χ1) is 8.20. The van der Waals surface area contributed by atoms with Crippen LogP contribution in [0.4, 0.5) is 0 Å². The van der Waals surface area contributed by atoms with Gasteiger partial charge in [-0.25, -0.2) is 9.97 Å². The monoisotopic (exact) mass is 237 g/mol. The van der Waals surface area contributed by atoms with Crippen LogP contribution in [0, 0.1) is 5.92 Å². The Bertz CT molecular complexity index is 303. The topological polar surface area (TPSA) is 47.0 Å². The summed E-state index contributed by atoms with van der Waals surface area (Å²) in [7, 11) is 0. The molecule has 1 rings (SSSR count). The van der Waals surface area contributed by atoms with Crippen molar-refractivity contribution in [3.8, 4) is 0 Å². The van der Waals surface area contributed by atoms with Crippen LogP contribution in [0.1, 0.15) is 39.3 Å². The lowest BCUT2D eigenvalue weighted by molar-refractivity contribution is 0.00302. The van der Waals surface area contributed by atoms with Gasteiger partial charge in [-0.3, -0.25) is 0 Å². The van der Waals surface area contributed by atoms with E-state index >= 15 is 0 Å². The van der Waals surface area contributed by atoms with Gasteiger partial charge in [0.1, 0.15) is 6.33 Å². The summed E-state index contributed by atoms with van der Waals surface area (Å²) >= 11 is 0. The molecular formula is C13H23N3O. The summed E-state index contributed by atoms with van der Waals surface area (Å²) in [4.78, 5) is 8.17. The van der Waals surface area contributed by atoms with Crippen LogP contribution in [0.15, 0.2) is 18.7 Å². The van der Waals surface area contributed by atoms with Gasteiger partial charge in [-0.15, -0.1) is 0 Å². The lowest BCUT2D eigenvalue weighted by Crippen LogP contribution is -2.37. The normalized spacial score (nSPS) is 14.9. The zero-order chi connectivity index (χ0) is 12.7. The van der Waals surface area contributed by atoms with Crippen LogP contribution in [-0.2, 0) is 4.74 Å². The maximum Gasteiger partial charge on any atom is 0.115 e. The van der Waals surface area contributed by atoms with E-state index in [2.05, 4.69) is 36.1 Å². The van der Waals surface area contributed by atoms with E-state index in [-0.39, 0.29) is 12.1 Å². The van der Waals surface area contributed by atoms with Crippen molar-refractivity contribution in [2.45, 2.75) is 39.8 Å². The van der Waals surface area contributed by atoms with Crippen LogP contribution < -0.4 is 5.32 Å². The van der Waals surface area contributed by atoms with Crippen LogP contribution >= 0.6 is 0 Å². The second-order valence-corrected chi connectivity index (χ2v) is 4.37. The number of nitrogens with zero attached hydrogens (tertiary/aromatic N) is 2. The predicted octanol–water partition coefficient (Wildman–Crippen LogP) is 2.19. The first-order valence-corrected chi connectivity index (χ1v) is 6.30. The Morgan fingerprint density at radius 2 is 1.88 bits per heavy atom. The van der Waals surface area contributed by atoms with E-state index < -0.39 is 0 Å². The number of hydrogen-bond donors (Lipinski definition) is 1. The lowest BCUT2D eigenvalue weighted by atomic mass is 9.95. The van der Waals surface area contributed by atoms with Gasteiger partial charge in [-0.05, 0) is 19.4 Å². The third kappa shape index (κ3) is 4.06. The minimum Gasteiger partial charge on any atom is -0.376 e. The van der Waals surface area contributed by atoms with E-state index in [1.807, 2.05) is 19.3 Å². The van der Waals surface area contributed by atoms with Crippen LogP contribution in [0.3, 0.4) is 0 Å². The molecule has 2 unspecified atom stereocenters. The third-order valence-electron chi connectivity index (χ3n) is 2.71. The summed E-state index contributed by atoms with van der Waals surface area (Å²) in [6.45, 7) is 10.1. The molecule has 0 radical (unpaired) electrons. The van der Waals surface area contributed by atoms with Crippen LogP contribution in [-0.4, -0.2) is 29.2 Å². The molecule has 0 saturated heterocycles. The molecule has 0 fully saturated rings. The Balaban J connectivity index is 2.89. The molecule has 0 aliphatic rings. The standard InChI is InChI=1S/C13H23N3O/c1-5-16-12(11-7-14-9-15-8-11)13(10(3)4)17-6-2/h7-10,12-13,16H,5-6H2,1-4H3. The highest BCUT2D eigenvalue weighted by Gasteiger charge is 2.26. The van der Waals surface area contributed by atoms with Gasteiger partial charge in [0.15, 0.2) is 0 Å². The molecule has 0 aliphatic carbocycles. The number of hydrogen-bond acceptors (Lipinski definition) is 4. The average Bonchev–Trinajstić information content (AvgIpc) is 2.34. The summed E-state index contributed by atoms with van der Waals surface area (Å²) in [6.07, 6.45) is 5.41. The molecular weight excluding hydrogens is 214 g/mol. The quantitative estimate of drug-likeness (QED) is 0.789. The molecule has 0 aromatic carbocycles. The summed E-state index contributed by atoms with van der Waals surface area (Å²) in [5, 5.41) is 3.46. The average molecular weight is 237 g/mol. The predicted molar refractivity (Wildman–Crippen MR) is 68.7 cm³/mol. The number of rotatable bonds is 7. The molecule has 1 aromatic rings. The molecule has 1 N–H and O–H groups in total. The molecule has 4 heteroatoms. The van der Waals surface area contributed by atoms with Crippen molar-refractivity contribution in [1.29, 1.82) is 0 Å². The fourth-order valence-electron chi connectivity index (χ4n) is 1.98. The van der Waals surface area contributed by atoms with E-state index in [0.29, 0.717) is 5.92 Å². The van der Waals surface area contributed by atoms with E-state index in [1.54, 1.807) is 6.33 Å². The van der Waals surface area contributed by atoms with E-state index in [0.717, 1.165) is 18.7 Å². The van der Waals surface area contributed by atoms with Gasteiger partial charge in [-0.1, -0.05) is 20.8 Å². The van der Waals surface area contributed by atoms with Gasteiger partial charge < -0.3 is 10.1 Å². The Kier molecular flexibility index (Phi) is 6.08. The summed E-state index contributed by atoms with van der Waals surface area (Å²) in [5.74, 6) is 0.444. The molecule has 0 saturated carbocycles. The first-order valence-electron chi connectivity index (χ1n) is 6.30. The number of likely N-dealkylation sites (N-methyl/N-ethyl adjacent to an activating group) is 1. The second kappa shape index (κ2) is 7.35. The van der Waals surface area contributed by atoms with Crippen molar-refractivity contribution in [3.63, 3.8) is 0 Å². The fourth-order valence-corrected chi connectivity index (χ4v) is 1.98. The Labute approximate surface area is 104 Å². The van der Waals surface area contributed by atoms with Crippen molar-refractivity contribution >= 4 is 0 Å². The van der Waals surface area contributed by atoms with Crippen molar-refractivity contribution in [3.05, 3.63) is 24.3 Å². The SMILES string of the molecule is CCNC(c1cncnc1)C(OCC)C(C)C. The van der Waals surface area contributed by atoms with Crippen LogP contribution in [0.25, 0.3) is 0 Å². The van der Waals surface area contributed by atoms with E-state index in [1.165, 1.54) is 0 Å². The van der Waals surface area contributed by atoms with E-state index in [4.69, 9.17) is 4.74 Å². The minimum atomic E-state index is 0.144. The van der Waals surface area contributed by atoms with Crippen molar-refractivity contribution < 1.29 is 4.74 Å². The molecule has 2 atom stereocenters. The molecule has 1 aromatic heterocycles. The van der Waals surface area contributed by atoms with Gasteiger partial charge in [0.2, 0.25) is 0 Å². The van der Waals surface area contributed by atoms with Gasteiger partial charge in [0, 0.05) is 24.6 Å². The summed E-state index contributed by atoms with van der Waals surface area (Å²) in [6, 6.07) is 0.154. The van der Waals surface area contributed by atoms with Crippen LogP contribution in [0.5, 0.6) is 0 Å². The smallest absolute Gasteiger partial charge is 0.115 e. The summed E-state index contributed by atoms with van der Waals surface area (Å²) < 4.78 is 5.85. The molecule has 0 bridgehead atoms. The molecule has 0 amide bonds.